The molecule has 0 aromatic carbocycles. The molecule has 1 fully saturated rings. The van der Waals surface area contributed by atoms with E-state index in [9.17, 15) is 24.9 Å². The summed E-state index contributed by atoms with van der Waals surface area (Å²) in [7, 11) is 0. The van der Waals surface area contributed by atoms with Gasteiger partial charge in [-0.15, -0.1) is 0 Å². The first-order valence-electron chi connectivity index (χ1n) is 11.2. The van der Waals surface area contributed by atoms with Crippen LogP contribution in [-0.4, -0.2) is 51.4 Å². The van der Waals surface area contributed by atoms with Gasteiger partial charge >= 0.3 is 0 Å². The van der Waals surface area contributed by atoms with E-state index in [0.717, 1.165) is 12.0 Å². The van der Waals surface area contributed by atoms with Crippen LogP contribution in [0.4, 0.5) is 0 Å². The predicted molar refractivity (Wildman–Crippen MR) is 114 cm³/mol. The largest absolute Gasteiger partial charge is 0.390 e. The van der Waals surface area contributed by atoms with Crippen molar-refractivity contribution >= 4 is 11.7 Å². The summed E-state index contributed by atoms with van der Waals surface area (Å²) < 4.78 is 0. The zero-order chi connectivity index (χ0) is 22.4. The molecule has 1 amide bonds. The number of carbonyl (C=O) groups is 2. The van der Waals surface area contributed by atoms with Crippen LogP contribution in [-0.2, 0) is 9.59 Å². The van der Waals surface area contributed by atoms with Crippen LogP contribution in [0.2, 0.25) is 0 Å². The smallest absolute Gasteiger partial charge is 0.235 e. The third-order valence-electron chi connectivity index (χ3n) is 7.54. The van der Waals surface area contributed by atoms with Gasteiger partial charge in [-0.25, -0.2) is 0 Å². The molecule has 0 aromatic rings. The number of nitrogens with one attached hydrogen (secondary N) is 1. The van der Waals surface area contributed by atoms with Crippen molar-refractivity contribution in [1.82, 2.24) is 5.32 Å². The van der Waals surface area contributed by atoms with Gasteiger partial charge in [-0.3, -0.25) is 9.59 Å². The number of hydrogen-bond acceptors (Lipinski definition) is 5. The molecule has 6 nitrogen and oxygen atoms in total. The van der Waals surface area contributed by atoms with Gasteiger partial charge in [0.1, 0.15) is 11.5 Å². The van der Waals surface area contributed by atoms with Crippen molar-refractivity contribution in [2.24, 2.45) is 29.1 Å². The fourth-order valence-corrected chi connectivity index (χ4v) is 5.88. The Bertz CT molecular complexity index is 757. The van der Waals surface area contributed by atoms with Gasteiger partial charge in [-0.1, -0.05) is 44.1 Å². The van der Waals surface area contributed by atoms with Crippen LogP contribution in [0, 0.1) is 29.1 Å². The molecule has 8 unspecified atom stereocenters. The third kappa shape index (κ3) is 3.78. The number of aliphatic hydroxyl groups excluding tert-OH is 3. The van der Waals surface area contributed by atoms with E-state index < -0.39 is 29.6 Å². The Hall–Kier alpha value is -1.50. The van der Waals surface area contributed by atoms with E-state index in [4.69, 9.17) is 0 Å². The van der Waals surface area contributed by atoms with Crippen LogP contribution in [0.25, 0.3) is 0 Å². The summed E-state index contributed by atoms with van der Waals surface area (Å²) in [5.41, 5.74) is 0.834. The first-order chi connectivity index (χ1) is 14.0. The molecule has 1 spiro atoms. The monoisotopic (exact) mass is 419 g/mol. The fraction of sp³-hybridized carbons (Fsp3) is 0.750. The van der Waals surface area contributed by atoms with E-state index in [-0.39, 0.29) is 36.0 Å². The second kappa shape index (κ2) is 8.56. The Kier molecular flexibility index (Phi) is 6.61. The van der Waals surface area contributed by atoms with Gasteiger partial charge in [-0.05, 0) is 44.9 Å². The first kappa shape index (κ1) is 23.2. The van der Waals surface area contributed by atoms with E-state index in [1.807, 2.05) is 19.1 Å². The normalized spacial score (nSPS) is 42.6. The second-order valence-corrected chi connectivity index (χ2v) is 10.1. The lowest BCUT2D eigenvalue weighted by molar-refractivity contribution is -0.148. The fourth-order valence-electron chi connectivity index (χ4n) is 5.88. The lowest BCUT2D eigenvalue weighted by atomic mass is 9.54. The summed E-state index contributed by atoms with van der Waals surface area (Å²) in [6.45, 7) is 10.3. The minimum absolute atomic E-state index is 0.0411. The molecule has 0 bridgehead atoms. The van der Waals surface area contributed by atoms with Gasteiger partial charge in [0.15, 0.2) is 5.78 Å². The molecule has 3 rings (SSSR count). The minimum Gasteiger partial charge on any atom is -0.390 e. The minimum atomic E-state index is -1.41. The summed E-state index contributed by atoms with van der Waals surface area (Å²) >= 11 is 0. The molecule has 0 radical (unpaired) electrons. The number of Topliss-reactive ketones (excluding diaryl/α,β-unsaturated/α-hetero) is 1. The Morgan fingerprint density at radius 3 is 2.43 bits per heavy atom. The van der Waals surface area contributed by atoms with Crippen LogP contribution < -0.4 is 5.32 Å². The molecule has 8 atom stereocenters. The Morgan fingerprint density at radius 2 is 1.80 bits per heavy atom. The van der Waals surface area contributed by atoms with E-state index >= 15 is 0 Å². The van der Waals surface area contributed by atoms with Crippen molar-refractivity contribution in [3.05, 3.63) is 23.3 Å². The molecule has 30 heavy (non-hydrogen) atoms. The molecule has 168 valence electrons. The highest BCUT2D eigenvalue weighted by Crippen LogP contribution is 2.55. The maximum atomic E-state index is 13.8. The zero-order valence-corrected chi connectivity index (χ0v) is 18.8. The lowest BCUT2D eigenvalue weighted by Crippen LogP contribution is -2.53. The van der Waals surface area contributed by atoms with Crippen LogP contribution in [0.5, 0.6) is 0 Å². The SMILES string of the molecule is CC1=CC2C=C(C)C(C)C3C(CC(C)C)NC(=O)C23C(=O)CC(O)C(O)C(O)CC1. The highest BCUT2D eigenvalue weighted by molar-refractivity contribution is 6.09. The van der Waals surface area contributed by atoms with Crippen molar-refractivity contribution in [3.8, 4) is 0 Å². The Morgan fingerprint density at radius 1 is 1.13 bits per heavy atom. The molecule has 4 N–H and O–H groups in total. The molecule has 0 aromatic heterocycles. The molecule has 2 aliphatic carbocycles. The van der Waals surface area contributed by atoms with Crippen molar-refractivity contribution in [2.45, 2.75) is 84.7 Å². The quantitative estimate of drug-likeness (QED) is 0.405. The predicted octanol–water partition coefficient (Wildman–Crippen LogP) is 2.13. The average molecular weight is 420 g/mol. The third-order valence-corrected chi connectivity index (χ3v) is 7.54. The molecular formula is C24H37NO5. The van der Waals surface area contributed by atoms with Gasteiger partial charge in [-0.2, -0.15) is 0 Å². The summed E-state index contributed by atoms with van der Waals surface area (Å²) in [5, 5.41) is 34.3. The highest BCUT2D eigenvalue weighted by Gasteiger charge is 2.65. The van der Waals surface area contributed by atoms with Crippen molar-refractivity contribution in [2.75, 3.05) is 0 Å². The number of aliphatic hydroxyl groups is 3. The summed E-state index contributed by atoms with van der Waals surface area (Å²) in [6.07, 6.45) is 1.35. The molecule has 1 aliphatic heterocycles. The topological polar surface area (TPSA) is 107 Å². The van der Waals surface area contributed by atoms with Crippen molar-refractivity contribution in [1.29, 1.82) is 0 Å². The zero-order valence-electron chi connectivity index (χ0n) is 18.8. The number of hydrogen-bond donors (Lipinski definition) is 4. The number of amides is 1. The lowest BCUT2D eigenvalue weighted by Gasteiger charge is -2.45. The molecule has 1 heterocycles. The number of allylic oxidation sites excluding steroid dienone is 4. The van der Waals surface area contributed by atoms with Crippen molar-refractivity contribution < 1.29 is 24.9 Å². The number of carbonyl (C=O) groups excluding carboxylic acids is 2. The van der Waals surface area contributed by atoms with E-state index in [0.29, 0.717) is 18.8 Å². The van der Waals surface area contributed by atoms with Crippen LogP contribution in [0.1, 0.15) is 60.3 Å². The summed E-state index contributed by atoms with van der Waals surface area (Å²) in [4.78, 5) is 27.3. The van der Waals surface area contributed by atoms with Gasteiger partial charge in [0, 0.05) is 24.3 Å². The Labute approximate surface area is 179 Å². The van der Waals surface area contributed by atoms with Gasteiger partial charge in [0.2, 0.25) is 5.91 Å². The van der Waals surface area contributed by atoms with Crippen molar-refractivity contribution in [3.63, 3.8) is 0 Å². The average Bonchev–Trinajstić information content (AvgIpc) is 2.94. The van der Waals surface area contributed by atoms with E-state index in [2.05, 4.69) is 33.0 Å². The van der Waals surface area contributed by atoms with Gasteiger partial charge in [0.25, 0.3) is 0 Å². The van der Waals surface area contributed by atoms with E-state index in [1.165, 1.54) is 5.57 Å². The van der Waals surface area contributed by atoms with Crippen LogP contribution in [0.15, 0.2) is 23.3 Å². The highest BCUT2D eigenvalue weighted by atomic mass is 16.4. The van der Waals surface area contributed by atoms with Gasteiger partial charge < -0.3 is 20.6 Å². The first-order valence-corrected chi connectivity index (χ1v) is 11.2. The molecule has 6 heteroatoms. The standard InChI is InChI=1S/C24H37NO5/c1-12(2)8-17-21-15(5)14(4)10-16-9-13(3)6-7-18(26)22(29)19(27)11-20(28)24(16,21)23(30)25-17/h9-10,12,15-19,21-22,26-27,29H,6-8,11H2,1-5H3,(H,25,30). The van der Waals surface area contributed by atoms with E-state index in [1.54, 1.807) is 0 Å². The van der Waals surface area contributed by atoms with Crippen LogP contribution in [0.3, 0.4) is 0 Å². The summed E-state index contributed by atoms with van der Waals surface area (Å²) in [5.74, 6) is -0.827. The molecule has 0 saturated carbocycles. The maximum Gasteiger partial charge on any atom is 0.235 e. The second-order valence-electron chi connectivity index (χ2n) is 10.1. The van der Waals surface area contributed by atoms with Gasteiger partial charge in [0.05, 0.1) is 12.2 Å². The number of ketones is 1. The Balaban J connectivity index is 2.18. The van der Waals surface area contributed by atoms with Crippen LogP contribution >= 0.6 is 0 Å². The summed E-state index contributed by atoms with van der Waals surface area (Å²) in [6, 6.07) is -0.117. The maximum absolute atomic E-state index is 13.8. The number of rotatable bonds is 2. The molecular weight excluding hydrogens is 382 g/mol. The molecule has 1 saturated heterocycles. The molecule has 3 aliphatic rings.